The van der Waals surface area contributed by atoms with Gasteiger partial charge in [0.2, 0.25) is 0 Å². The Morgan fingerprint density at radius 1 is 1.23 bits per heavy atom. The Hall–Kier alpha value is -1.89. The first-order valence-electron chi connectivity index (χ1n) is 8.99. The van der Waals surface area contributed by atoms with E-state index < -0.39 is 18.0 Å². The Kier molecular flexibility index (Phi) is 5.65. The molecule has 0 aromatic heterocycles. The van der Waals surface area contributed by atoms with Gasteiger partial charge >= 0.3 is 6.18 Å². The smallest absolute Gasteiger partial charge is 0.416 e. The van der Waals surface area contributed by atoms with E-state index in [4.69, 9.17) is 9.47 Å². The zero-order chi connectivity index (χ0) is 18.7. The molecule has 4 nitrogen and oxygen atoms in total. The molecule has 1 saturated heterocycles. The Balaban J connectivity index is 1.79. The van der Waals surface area contributed by atoms with Crippen molar-refractivity contribution in [1.82, 2.24) is 4.90 Å². The van der Waals surface area contributed by atoms with Crippen molar-refractivity contribution in [3.05, 3.63) is 36.0 Å². The minimum Gasteiger partial charge on any atom is -0.465 e. The van der Waals surface area contributed by atoms with Gasteiger partial charge in [-0.1, -0.05) is 13.8 Å². The molecule has 0 spiro atoms. The number of anilines is 1. The molecule has 1 fully saturated rings. The highest BCUT2D eigenvalue weighted by Gasteiger charge is 2.35. The van der Waals surface area contributed by atoms with E-state index >= 15 is 0 Å². The zero-order valence-corrected chi connectivity index (χ0v) is 15.1. The summed E-state index contributed by atoms with van der Waals surface area (Å²) >= 11 is 0. The molecule has 1 atom stereocenters. The first kappa shape index (κ1) is 18.9. The fraction of sp³-hybridized carbons (Fsp3) is 0.579. The molecule has 0 bridgehead atoms. The predicted octanol–water partition coefficient (Wildman–Crippen LogP) is 4.12. The van der Waals surface area contributed by atoms with Gasteiger partial charge in [0, 0.05) is 25.8 Å². The molecule has 1 aromatic carbocycles. The Morgan fingerprint density at radius 2 is 1.96 bits per heavy atom. The highest BCUT2D eigenvalue weighted by atomic mass is 19.4. The monoisotopic (exact) mass is 370 g/mol. The van der Waals surface area contributed by atoms with Gasteiger partial charge in [0.05, 0.1) is 24.5 Å². The molecule has 26 heavy (non-hydrogen) atoms. The summed E-state index contributed by atoms with van der Waals surface area (Å²) in [6.07, 6.45) is 0.0506. The highest BCUT2D eigenvalue weighted by molar-refractivity contribution is 5.64. The number of hydrogen-bond donors (Lipinski definition) is 0. The van der Waals surface area contributed by atoms with Gasteiger partial charge in [0.1, 0.15) is 5.75 Å². The first-order valence-corrected chi connectivity index (χ1v) is 8.99. The fourth-order valence-electron chi connectivity index (χ4n) is 3.06. The molecule has 0 amide bonds. The van der Waals surface area contributed by atoms with Crippen molar-refractivity contribution in [3.8, 4) is 5.75 Å². The summed E-state index contributed by atoms with van der Waals surface area (Å²) in [5.41, 5.74) is 0.0353. The Morgan fingerprint density at radius 3 is 2.62 bits per heavy atom. The zero-order valence-electron chi connectivity index (χ0n) is 15.1. The first-order chi connectivity index (χ1) is 12.3. The maximum absolute atomic E-state index is 13.0. The molecule has 0 aliphatic carbocycles. The van der Waals surface area contributed by atoms with Crippen LogP contribution in [-0.4, -0.2) is 44.0 Å². The van der Waals surface area contributed by atoms with Crippen molar-refractivity contribution in [2.75, 3.05) is 37.7 Å². The van der Waals surface area contributed by atoms with Crippen LogP contribution in [0.15, 0.2) is 30.5 Å². The lowest BCUT2D eigenvalue weighted by Gasteiger charge is -2.27. The second-order valence-electron chi connectivity index (χ2n) is 7.05. The third-order valence-corrected chi connectivity index (χ3v) is 4.61. The van der Waals surface area contributed by atoms with Crippen molar-refractivity contribution in [2.45, 2.75) is 32.7 Å². The number of alkyl halides is 3. The molecule has 7 heteroatoms. The topological polar surface area (TPSA) is 24.9 Å². The van der Waals surface area contributed by atoms with Gasteiger partial charge in [-0.2, -0.15) is 13.2 Å². The van der Waals surface area contributed by atoms with Crippen molar-refractivity contribution >= 4 is 5.69 Å². The summed E-state index contributed by atoms with van der Waals surface area (Å²) in [7, 11) is 0. The van der Waals surface area contributed by atoms with E-state index in [0.29, 0.717) is 24.9 Å². The minimum atomic E-state index is -4.37. The largest absolute Gasteiger partial charge is 0.465 e. The normalized spacial score (nSPS) is 20.8. The van der Waals surface area contributed by atoms with Crippen LogP contribution < -0.4 is 9.64 Å². The molecule has 2 aliphatic heterocycles. The quantitative estimate of drug-likeness (QED) is 0.778. The van der Waals surface area contributed by atoms with Gasteiger partial charge in [-0.3, -0.25) is 0 Å². The van der Waals surface area contributed by atoms with E-state index in [1.165, 1.54) is 6.07 Å². The van der Waals surface area contributed by atoms with E-state index in [2.05, 4.69) is 18.7 Å². The summed E-state index contributed by atoms with van der Waals surface area (Å²) in [6, 6.07) is 3.74. The molecular weight excluding hydrogens is 345 g/mol. The molecule has 2 heterocycles. The van der Waals surface area contributed by atoms with Crippen molar-refractivity contribution in [3.63, 3.8) is 0 Å². The third kappa shape index (κ3) is 4.44. The fourth-order valence-corrected chi connectivity index (χ4v) is 3.06. The standard InChI is InChI=1S/C19H25F3N2O2/c1-14(2)5-8-24-16-4-3-15(19(20,21)22)13-17(16)26-18(24)6-7-23-9-11-25-12-10-23/h3-4,6-7,13-14,18H,5,8-12H2,1-2H3/b7-6+. The molecule has 3 rings (SSSR count). The lowest BCUT2D eigenvalue weighted by Crippen LogP contribution is -2.36. The number of benzene rings is 1. The van der Waals surface area contributed by atoms with E-state index in [1.807, 2.05) is 17.2 Å². The molecule has 0 radical (unpaired) electrons. The summed E-state index contributed by atoms with van der Waals surface area (Å²) in [6.45, 7) is 7.96. The van der Waals surface area contributed by atoms with Crippen LogP contribution in [0.5, 0.6) is 5.75 Å². The Labute approximate surface area is 152 Å². The van der Waals surface area contributed by atoms with Gasteiger partial charge in [0.15, 0.2) is 6.23 Å². The van der Waals surface area contributed by atoms with Gasteiger partial charge in [-0.15, -0.1) is 0 Å². The SMILES string of the molecule is CC(C)CCN1c2ccc(C(F)(F)F)cc2OC1/C=C/N1CCOCC1. The van der Waals surface area contributed by atoms with Crippen LogP contribution in [0.2, 0.25) is 0 Å². The van der Waals surface area contributed by atoms with E-state index in [9.17, 15) is 13.2 Å². The van der Waals surface area contributed by atoms with Crippen molar-refractivity contribution in [1.29, 1.82) is 0 Å². The van der Waals surface area contributed by atoms with Gasteiger partial charge < -0.3 is 19.3 Å². The van der Waals surface area contributed by atoms with E-state index in [1.54, 1.807) is 0 Å². The molecule has 2 aliphatic rings. The van der Waals surface area contributed by atoms with Crippen molar-refractivity contribution in [2.24, 2.45) is 5.92 Å². The molecule has 0 saturated carbocycles. The second kappa shape index (κ2) is 7.78. The number of fused-ring (bicyclic) bond motifs is 1. The lowest BCUT2D eigenvalue weighted by molar-refractivity contribution is -0.137. The van der Waals surface area contributed by atoms with E-state index in [-0.39, 0.29) is 0 Å². The van der Waals surface area contributed by atoms with Crippen LogP contribution in [0.4, 0.5) is 18.9 Å². The molecular formula is C19H25F3N2O2. The van der Waals surface area contributed by atoms with Gasteiger partial charge in [0.25, 0.3) is 0 Å². The maximum Gasteiger partial charge on any atom is 0.416 e. The summed E-state index contributed by atoms with van der Waals surface area (Å²) in [5.74, 6) is 0.789. The predicted molar refractivity (Wildman–Crippen MR) is 94.2 cm³/mol. The number of hydrogen-bond acceptors (Lipinski definition) is 4. The average molecular weight is 370 g/mol. The summed E-state index contributed by atoms with van der Waals surface area (Å²) in [5, 5.41) is 0. The van der Waals surface area contributed by atoms with Crippen LogP contribution in [0.1, 0.15) is 25.8 Å². The van der Waals surface area contributed by atoms with Crippen LogP contribution in [0, 0.1) is 5.92 Å². The van der Waals surface area contributed by atoms with E-state index in [0.717, 1.165) is 43.9 Å². The highest BCUT2D eigenvalue weighted by Crippen LogP contribution is 2.42. The summed E-state index contributed by atoms with van der Waals surface area (Å²) in [4.78, 5) is 4.17. The maximum atomic E-state index is 13.0. The number of halogens is 3. The van der Waals surface area contributed by atoms with Crippen LogP contribution in [-0.2, 0) is 10.9 Å². The van der Waals surface area contributed by atoms with Crippen LogP contribution in [0.25, 0.3) is 0 Å². The second-order valence-corrected chi connectivity index (χ2v) is 7.05. The van der Waals surface area contributed by atoms with Crippen molar-refractivity contribution < 1.29 is 22.6 Å². The molecule has 0 N–H and O–H groups in total. The lowest BCUT2D eigenvalue weighted by atomic mass is 10.1. The molecule has 1 aromatic rings. The number of morpholine rings is 1. The van der Waals surface area contributed by atoms with Crippen LogP contribution in [0.3, 0.4) is 0 Å². The summed E-state index contributed by atoms with van der Waals surface area (Å²) < 4.78 is 50.2. The van der Waals surface area contributed by atoms with Gasteiger partial charge in [-0.25, -0.2) is 0 Å². The third-order valence-electron chi connectivity index (χ3n) is 4.61. The van der Waals surface area contributed by atoms with Crippen LogP contribution >= 0.6 is 0 Å². The number of ether oxygens (including phenoxy) is 2. The molecule has 1 unspecified atom stereocenters. The molecule has 144 valence electrons. The average Bonchev–Trinajstić information content (AvgIpc) is 2.95. The number of nitrogens with zero attached hydrogens (tertiary/aromatic N) is 2. The number of rotatable bonds is 5. The minimum absolute atomic E-state index is 0.292. The van der Waals surface area contributed by atoms with Gasteiger partial charge in [-0.05, 0) is 36.6 Å². The Bertz CT molecular complexity index is 640.